The first-order valence-corrected chi connectivity index (χ1v) is 11.9. The molecule has 2 heterocycles. The quantitative estimate of drug-likeness (QED) is 0.444. The number of hydrogen-bond donors (Lipinski definition) is 0. The van der Waals surface area contributed by atoms with Crippen molar-refractivity contribution >= 4 is 56.0 Å². The van der Waals surface area contributed by atoms with E-state index in [1.807, 2.05) is 19.1 Å². The molecule has 1 aliphatic heterocycles. The van der Waals surface area contributed by atoms with Crippen molar-refractivity contribution < 1.29 is 9.53 Å². The Morgan fingerprint density at radius 1 is 1.28 bits per heavy atom. The topological polar surface area (TPSA) is 42.4 Å². The lowest BCUT2D eigenvalue weighted by molar-refractivity contribution is -0.116. The number of rotatable bonds is 6. The third-order valence-corrected chi connectivity index (χ3v) is 7.51. The number of thioether (sulfide) groups is 1. The summed E-state index contributed by atoms with van der Waals surface area (Å²) >= 11 is 9.35. The Kier molecular flexibility index (Phi) is 6.44. The molecule has 0 bridgehead atoms. The summed E-state index contributed by atoms with van der Waals surface area (Å²) in [6, 6.07) is 12.1. The molecule has 0 N–H and O–H groups in total. The molecule has 1 amide bonds. The van der Waals surface area contributed by atoms with Crippen LogP contribution in [0.15, 0.2) is 41.3 Å². The average Bonchev–Trinajstić information content (AvgIpc) is 3.38. The molecule has 29 heavy (non-hydrogen) atoms. The van der Waals surface area contributed by atoms with E-state index in [9.17, 15) is 4.79 Å². The number of amides is 1. The molecule has 0 radical (unpaired) electrons. The zero-order valence-electron chi connectivity index (χ0n) is 16.5. The number of fused-ring (bicyclic) bond motifs is 1. The highest BCUT2D eigenvalue weighted by molar-refractivity contribution is 8.00. The van der Waals surface area contributed by atoms with Gasteiger partial charge in [0.2, 0.25) is 5.91 Å². The van der Waals surface area contributed by atoms with E-state index in [1.54, 1.807) is 16.7 Å². The summed E-state index contributed by atoms with van der Waals surface area (Å²) in [5, 5.41) is 1.41. The summed E-state index contributed by atoms with van der Waals surface area (Å²) in [4.78, 5) is 20.9. The van der Waals surface area contributed by atoms with E-state index in [-0.39, 0.29) is 12.0 Å². The fraction of sp³-hybridized carbons (Fsp3) is 0.364. The molecule has 1 unspecified atom stereocenters. The van der Waals surface area contributed by atoms with E-state index in [4.69, 9.17) is 21.3 Å². The minimum absolute atomic E-state index is 0.0499. The van der Waals surface area contributed by atoms with Crippen LogP contribution in [0.2, 0.25) is 5.02 Å². The molecule has 1 fully saturated rings. The zero-order chi connectivity index (χ0) is 20.4. The second-order valence-electron chi connectivity index (χ2n) is 7.26. The minimum atomic E-state index is 0.0499. The number of aromatic nitrogens is 1. The van der Waals surface area contributed by atoms with Crippen LogP contribution in [0.3, 0.4) is 0 Å². The number of anilines is 1. The summed E-state index contributed by atoms with van der Waals surface area (Å²) in [6.07, 6.45) is 2.09. The second-order valence-corrected chi connectivity index (χ2v) is 9.72. The maximum absolute atomic E-state index is 13.2. The van der Waals surface area contributed by atoms with Crippen molar-refractivity contribution in [2.24, 2.45) is 0 Å². The van der Waals surface area contributed by atoms with E-state index in [0.717, 1.165) is 45.3 Å². The van der Waals surface area contributed by atoms with E-state index >= 15 is 0 Å². The van der Waals surface area contributed by atoms with Gasteiger partial charge < -0.3 is 4.74 Å². The molecule has 152 valence electrons. The number of ether oxygens (including phenoxy) is 1. The third-order valence-electron chi connectivity index (χ3n) is 5.06. The molecule has 4 nitrogen and oxygen atoms in total. The largest absolute Gasteiger partial charge is 0.376 e. The number of carbonyl (C=O) groups excluding carboxylic acids is 1. The number of aryl methyl sites for hydroxylation is 2. The van der Waals surface area contributed by atoms with Gasteiger partial charge in [0.1, 0.15) is 0 Å². The monoisotopic (exact) mass is 446 g/mol. The first-order chi connectivity index (χ1) is 14.0. The van der Waals surface area contributed by atoms with Crippen LogP contribution < -0.4 is 4.90 Å². The fourth-order valence-electron chi connectivity index (χ4n) is 3.34. The third kappa shape index (κ3) is 4.77. The number of halogens is 1. The van der Waals surface area contributed by atoms with Crippen molar-refractivity contribution in [2.45, 2.75) is 37.7 Å². The van der Waals surface area contributed by atoms with Gasteiger partial charge in [0.15, 0.2) is 5.13 Å². The van der Waals surface area contributed by atoms with Crippen LogP contribution >= 0.6 is 34.7 Å². The lowest BCUT2D eigenvalue weighted by atomic mass is 10.2. The van der Waals surface area contributed by atoms with Crippen LogP contribution in [0.1, 0.15) is 24.0 Å². The predicted molar refractivity (Wildman–Crippen MR) is 123 cm³/mol. The van der Waals surface area contributed by atoms with Crippen molar-refractivity contribution in [2.75, 3.05) is 23.8 Å². The minimum Gasteiger partial charge on any atom is -0.376 e. The van der Waals surface area contributed by atoms with Crippen molar-refractivity contribution in [3.63, 3.8) is 0 Å². The van der Waals surface area contributed by atoms with Gasteiger partial charge in [-0.1, -0.05) is 40.6 Å². The molecule has 3 aromatic rings. The SMILES string of the molecule is Cc1ccc(SCC(=O)N(CC2CCCO2)c2nc3c(C)c(Cl)ccc3s2)cc1. The van der Waals surface area contributed by atoms with E-state index in [2.05, 4.69) is 31.2 Å². The molecule has 0 aliphatic carbocycles. The first kappa shape index (κ1) is 20.7. The molecule has 1 aromatic heterocycles. The summed E-state index contributed by atoms with van der Waals surface area (Å²) in [5.41, 5.74) is 3.03. The molecule has 7 heteroatoms. The normalized spacial score (nSPS) is 16.4. The molecular formula is C22H23ClN2O2S2. The Morgan fingerprint density at radius 2 is 2.07 bits per heavy atom. The smallest absolute Gasteiger partial charge is 0.239 e. The van der Waals surface area contributed by atoms with Crippen molar-refractivity contribution in [1.29, 1.82) is 0 Å². The van der Waals surface area contributed by atoms with Gasteiger partial charge >= 0.3 is 0 Å². The van der Waals surface area contributed by atoms with Gasteiger partial charge in [-0.15, -0.1) is 11.8 Å². The Morgan fingerprint density at radius 3 is 2.79 bits per heavy atom. The maximum Gasteiger partial charge on any atom is 0.239 e. The number of benzene rings is 2. The molecule has 0 spiro atoms. The molecule has 4 rings (SSSR count). The van der Waals surface area contributed by atoms with Gasteiger partial charge in [-0.25, -0.2) is 4.98 Å². The average molecular weight is 447 g/mol. The van der Waals surface area contributed by atoms with E-state index in [0.29, 0.717) is 17.3 Å². The van der Waals surface area contributed by atoms with Crippen LogP contribution in [0.4, 0.5) is 5.13 Å². The van der Waals surface area contributed by atoms with Gasteiger partial charge in [-0.05, 0) is 56.5 Å². The highest BCUT2D eigenvalue weighted by atomic mass is 35.5. The molecule has 1 aliphatic rings. The van der Waals surface area contributed by atoms with Gasteiger partial charge in [0.25, 0.3) is 0 Å². The van der Waals surface area contributed by atoms with Crippen LogP contribution in [0, 0.1) is 13.8 Å². The van der Waals surface area contributed by atoms with Crippen LogP contribution in [0.25, 0.3) is 10.2 Å². The highest BCUT2D eigenvalue weighted by Gasteiger charge is 2.26. The van der Waals surface area contributed by atoms with Gasteiger partial charge in [-0.2, -0.15) is 0 Å². The first-order valence-electron chi connectivity index (χ1n) is 9.68. The lowest BCUT2D eigenvalue weighted by Gasteiger charge is -2.23. The Balaban J connectivity index is 1.57. The van der Waals surface area contributed by atoms with Gasteiger partial charge in [-0.3, -0.25) is 9.69 Å². The van der Waals surface area contributed by atoms with Gasteiger partial charge in [0.05, 0.1) is 28.6 Å². The van der Waals surface area contributed by atoms with Crippen LogP contribution in [0.5, 0.6) is 0 Å². The molecular weight excluding hydrogens is 424 g/mol. The standard InChI is InChI=1S/C22H23ClN2O2S2/c1-14-5-7-17(8-6-14)28-13-20(26)25(12-16-4-3-11-27-16)22-24-21-15(2)18(23)9-10-19(21)29-22/h5-10,16H,3-4,11-13H2,1-2H3. The number of hydrogen-bond acceptors (Lipinski definition) is 5. The Hall–Kier alpha value is -1.60. The van der Waals surface area contributed by atoms with E-state index in [1.165, 1.54) is 16.9 Å². The Labute approximate surface area is 184 Å². The highest BCUT2D eigenvalue weighted by Crippen LogP contribution is 2.34. The van der Waals surface area contributed by atoms with E-state index < -0.39 is 0 Å². The van der Waals surface area contributed by atoms with Crippen molar-refractivity contribution in [3.05, 3.63) is 52.5 Å². The molecule has 1 saturated heterocycles. The van der Waals surface area contributed by atoms with Crippen LogP contribution in [-0.4, -0.2) is 35.9 Å². The summed E-state index contributed by atoms with van der Waals surface area (Å²) in [5.74, 6) is 0.416. The van der Waals surface area contributed by atoms with Crippen molar-refractivity contribution in [1.82, 2.24) is 4.98 Å². The van der Waals surface area contributed by atoms with Crippen LogP contribution in [-0.2, 0) is 9.53 Å². The maximum atomic E-state index is 13.2. The number of carbonyl (C=O) groups is 1. The Bertz CT molecular complexity index is 1010. The van der Waals surface area contributed by atoms with Gasteiger partial charge in [0, 0.05) is 16.5 Å². The molecule has 2 aromatic carbocycles. The molecule has 0 saturated carbocycles. The lowest BCUT2D eigenvalue weighted by Crippen LogP contribution is -2.38. The second kappa shape index (κ2) is 9.04. The summed E-state index contributed by atoms with van der Waals surface area (Å²) < 4.78 is 6.84. The number of thiazole rings is 1. The number of nitrogens with zero attached hydrogens (tertiary/aromatic N) is 2. The summed E-state index contributed by atoms with van der Waals surface area (Å²) in [6.45, 7) is 5.33. The predicted octanol–water partition coefficient (Wildman–Crippen LogP) is 5.87. The summed E-state index contributed by atoms with van der Waals surface area (Å²) in [7, 11) is 0. The zero-order valence-corrected chi connectivity index (χ0v) is 18.9. The molecule has 1 atom stereocenters. The van der Waals surface area contributed by atoms with Crippen molar-refractivity contribution in [3.8, 4) is 0 Å². The fourth-order valence-corrected chi connectivity index (χ4v) is 5.32.